The zero-order valence-corrected chi connectivity index (χ0v) is 22.5. The summed E-state index contributed by atoms with van der Waals surface area (Å²) in [6, 6.07) is 3.44. The van der Waals surface area contributed by atoms with Crippen molar-refractivity contribution in [3.05, 3.63) is 49.1 Å². The monoisotopic (exact) mass is 572 g/mol. The Hall–Kier alpha value is -4.51. The van der Waals surface area contributed by atoms with Crippen LogP contribution in [-0.2, 0) is 14.8 Å². The number of halogens is 1. The van der Waals surface area contributed by atoms with Crippen LogP contribution in [0.4, 0.5) is 16.3 Å². The topological polar surface area (TPSA) is 172 Å². The molecule has 0 spiro atoms. The summed E-state index contributed by atoms with van der Waals surface area (Å²) in [7, 11) is 0.168. The van der Waals surface area contributed by atoms with Gasteiger partial charge in [-0.05, 0) is 18.6 Å². The lowest BCUT2D eigenvalue weighted by Gasteiger charge is -2.36. The fourth-order valence-corrected chi connectivity index (χ4v) is 5.73. The second-order valence-corrected chi connectivity index (χ2v) is 10.6. The van der Waals surface area contributed by atoms with Gasteiger partial charge in [-0.1, -0.05) is 0 Å². The van der Waals surface area contributed by atoms with Crippen LogP contribution in [0.2, 0.25) is 0 Å². The largest absolute Gasteiger partial charge is 0.479 e. The number of methoxy groups -OCH3 is 3. The highest BCUT2D eigenvalue weighted by Gasteiger charge is 2.38. The average molecular weight is 573 g/mol. The van der Waals surface area contributed by atoms with Crippen LogP contribution < -0.4 is 19.1 Å². The van der Waals surface area contributed by atoms with E-state index < -0.39 is 27.2 Å². The van der Waals surface area contributed by atoms with Gasteiger partial charge in [0.25, 0.3) is 0 Å². The first-order valence-electron chi connectivity index (χ1n) is 11.9. The number of pyridine rings is 1. The van der Waals surface area contributed by atoms with E-state index in [0.717, 1.165) is 12.4 Å². The van der Waals surface area contributed by atoms with Gasteiger partial charge in [0.05, 0.1) is 32.7 Å². The van der Waals surface area contributed by atoms with E-state index in [1.54, 1.807) is 29.4 Å². The zero-order valence-electron chi connectivity index (χ0n) is 21.7. The Kier molecular flexibility index (Phi) is 7.65. The van der Waals surface area contributed by atoms with Crippen LogP contribution in [-0.4, -0.2) is 93.9 Å². The summed E-state index contributed by atoms with van der Waals surface area (Å²) < 4.78 is 61.3. The molecule has 4 aromatic rings. The van der Waals surface area contributed by atoms with Gasteiger partial charge in [-0.25, -0.2) is 22.8 Å². The summed E-state index contributed by atoms with van der Waals surface area (Å²) in [5, 5.41) is 7.39. The molecule has 40 heavy (non-hydrogen) atoms. The first-order valence-corrected chi connectivity index (χ1v) is 13.4. The van der Waals surface area contributed by atoms with Crippen molar-refractivity contribution in [2.45, 2.75) is 17.8 Å². The molecule has 0 saturated carbocycles. The minimum atomic E-state index is -4.13. The Morgan fingerprint density at radius 3 is 2.35 bits per heavy atom. The number of ether oxygens (including phenoxy) is 3. The maximum Gasteiger partial charge on any atom is 0.245 e. The van der Waals surface area contributed by atoms with E-state index in [9.17, 15) is 12.8 Å². The molecule has 2 atom stereocenters. The lowest BCUT2D eigenvalue weighted by Crippen LogP contribution is -2.51. The number of nitrogens with one attached hydrogen (secondary N) is 1. The van der Waals surface area contributed by atoms with Crippen LogP contribution in [0.25, 0.3) is 17.1 Å². The first kappa shape index (κ1) is 27.1. The van der Waals surface area contributed by atoms with E-state index in [-0.39, 0.29) is 48.1 Å². The molecule has 1 fully saturated rings. The van der Waals surface area contributed by atoms with Gasteiger partial charge >= 0.3 is 0 Å². The lowest BCUT2D eigenvalue weighted by atomic mass is 10.1. The lowest BCUT2D eigenvalue weighted by molar-refractivity contribution is 0.0898. The molecule has 1 saturated heterocycles. The number of nitrogens with zero attached hydrogens (tertiary/aromatic N) is 9. The number of piperidine rings is 1. The molecule has 17 heteroatoms. The Morgan fingerprint density at radius 1 is 1.00 bits per heavy atom. The molecule has 210 valence electrons. The SMILES string of the molecule is COc1ncnc(OC)c1-n1c(NS(=O)(=O)[C@H]2C[C@H](OC)CN(c3ncc(F)cn3)C2)nnc1-c1cccnc1. The van der Waals surface area contributed by atoms with Crippen molar-refractivity contribution < 1.29 is 27.0 Å². The van der Waals surface area contributed by atoms with Crippen LogP contribution in [0, 0.1) is 5.82 Å². The summed E-state index contributed by atoms with van der Waals surface area (Å²) in [4.78, 5) is 22.0. The predicted molar refractivity (Wildman–Crippen MR) is 139 cm³/mol. The Morgan fingerprint density at radius 2 is 1.73 bits per heavy atom. The van der Waals surface area contributed by atoms with Crippen molar-refractivity contribution in [2.75, 3.05) is 44.0 Å². The van der Waals surface area contributed by atoms with E-state index in [4.69, 9.17) is 14.2 Å². The molecule has 1 aliphatic rings. The molecule has 5 rings (SSSR count). The Bertz CT molecular complexity index is 1550. The average Bonchev–Trinajstić information content (AvgIpc) is 3.39. The number of sulfonamides is 1. The van der Waals surface area contributed by atoms with Gasteiger partial charge in [0.1, 0.15) is 11.6 Å². The number of aromatic nitrogens is 8. The van der Waals surface area contributed by atoms with Crippen LogP contribution in [0.1, 0.15) is 6.42 Å². The Labute approximate surface area is 228 Å². The third-order valence-corrected chi connectivity index (χ3v) is 7.90. The van der Waals surface area contributed by atoms with Gasteiger partial charge in [-0.3, -0.25) is 14.3 Å². The van der Waals surface area contributed by atoms with Gasteiger partial charge in [-0.15, -0.1) is 10.2 Å². The molecule has 4 aromatic heterocycles. The quantitative estimate of drug-likeness (QED) is 0.302. The molecule has 15 nitrogen and oxygen atoms in total. The van der Waals surface area contributed by atoms with E-state index >= 15 is 0 Å². The number of anilines is 2. The molecule has 0 amide bonds. The van der Waals surface area contributed by atoms with Gasteiger partial charge in [0, 0.05) is 38.2 Å². The van der Waals surface area contributed by atoms with Crippen molar-refractivity contribution in [3.63, 3.8) is 0 Å². The van der Waals surface area contributed by atoms with Crippen molar-refractivity contribution in [1.82, 2.24) is 39.7 Å². The predicted octanol–water partition coefficient (Wildman–Crippen LogP) is 1.10. The molecule has 5 heterocycles. The maximum atomic E-state index is 13.8. The molecule has 0 aliphatic carbocycles. The van der Waals surface area contributed by atoms with Gasteiger partial charge in [0.2, 0.25) is 33.7 Å². The fourth-order valence-electron chi connectivity index (χ4n) is 4.33. The fraction of sp³-hybridized carbons (Fsp3) is 0.348. The highest BCUT2D eigenvalue weighted by atomic mass is 32.2. The van der Waals surface area contributed by atoms with Gasteiger partial charge in [-0.2, -0.15) is 9.97 Å². The third kappa shape index (κ3) is 5.32. The highest BCUT2D eigenvalue weighted by molar-refractivity contribution is 7.93. The first-order chi connectivity index (χ1) is 19.3. The van der Waals surface area contributed by atoms with Crippen molar-refractivity contribution >= 4 is 21.9 Å². The van der Waals surface area contributed by atoms with Crippen LogP contribution in [0.15, 0.2) is 43.2 Å². The summed E-state index contributed by atoms with van der Waals surface area (Å²) in [5.74, 6) is -0.162. The van der Waals surface area contributed by atoms with Crippen molar-refractivity contribution in [2.24, 2.45) is 0 Å². The van der Waals surface area contributed by atoms with Gasteiger partial charge in [0.15, 0.2) is 17.3 Å². The molecule has 0 aromatic carbocycles. The maximum absolute atomic E-state index is 13.8. The van der Waals surface area contributed by atoms with Crippen molar-refractivity contribution in [1.29, 1.82) is 0 Å². The number of hydrogen-bond donors (Lipinski definition) is 1. The summed E-state index contributed by atoms with van der Waals surface area (Å²) >= 11 is 0. The molecular weight excluding hydrogens is 547 g/mol. The third-order valence-electron chi connectivity index (χ3n) is 6.22. The van der Waals surface area contributed by atoms with E-state index in [0.29, 0.717) is 12.1 Å². The minimum Gasteiger partial charge on any atom is -0.479 e. The van der Waals surface area contributed by atoms with E-state index in [2.05, 4.69) is 39.8 Å². The van der Waals surface area contributed by atoms with E-state index in [1.165, 1.54) is 32.2 Å². The van der Waals surface area contributed by atoms with Crippen LogP contribution in [0.5, 0.6) is 11.8 Å². The molecule has 1 aliphatic heterocycles. The summed E-state index contributed by atoms with van der Waals surface area (Å²) in [6.07, 6.45) is 6.14. The highest BCUT2D eigenvalue weighted by Crippen LogP contribution is 2.35. The summed E-state index contributed by atoms with van der Waals surface area (Å²) in [6.45, 7) is 0.344. The molecule has 1 N–H and O–H groups in total. The van der Waals surface area contributed by atoms with Crippen LogP contribution in [0.3, 0.4) is 0 Å². The smallest absolute Gasteiger partial charge is 0.245 e. The second-order valence-electron chi connectivity index (χ2n) is 8.63. The number of hydrogen-bond acceptors (Lipinski definition) is 13. The number of rotatable bonds is 9. The van der Waals surface area contributed by atoms with Gasteiger partial charge < -0.3 is 19.1 Å². The molecule has 0 bridgehead atoms. The minimum absolute atomic E-state index is 0.0194. The molecule has 0 radical (unpaired) electrons. The normalized spacial score (nSPS) is 17.4. The second kappa shape index (κ2) is 11.3. The molecule has 0 unspecified atom stereocenters. The standard InChI is InChI=1S/C23H25FN10O5S/c1-37-16-7-17(12-33(11-16)22-26-9-15(24)10-27-22)40(35,36)32-23-31-30-19(14-5-4-6-25-8-14)34(23)18-20(38-2)28-13-29-21(18)39-3/h4-6,8-10,13,16-17H,7,11-12H2,1-3H3,(H,31,32)/t16-,17-/m0/s1. The molecular formula is C23H25FN10O5S. The van der Waals surface area contributed by atoms with Crippen LogP contribution >= 0.6 is 0 Å². The summed E-state index contributed by atoms with van der Waals surface area (Å²) in [5.41, 5.74) is 0.707. The Balaban J connectivity index is 1.56. The van der Waals surface area contributed by atoms with E-state index in [1.807, 2.05) is 0 Å². The van der Waals surface area contributed by atoms with Crippen molar-refractivity contribution in [3.8, 4) is 28.8 Å². The zero-order chi connectivity index (χ0) is 28.3.